The third-order valence-electron chi connectivity index (χ3n) is 5.82. The van der Waals surface area contributed by atoms with Gasteiger partial charge in [-0.2, -0.15) is 5.10 Å². The van der Waals surface area contributed by atoms with E-state index in [1.54, 1.807) is 0 Å². The van der Waals surface area contributed by atoms with Crippen LogP contribution in [0.1, 0.15) is 47.3 Å². The Balaban J connectivity index is 1.50. The Morgan fingerprint density at radius 3 is 2.64 bits per heavy atom. The smallest absolute Gasteiger partial charge is 0.253 e. The molecule has 7 nitrogen and oxygen atoms in total. The molecule has 3 heterocycles. The molecule has 2 aromatic rings. The Bertz CT molecular complexity index is 772. The molecule has 0 saturated carbocycles. The van der Waals surface area contributed by atoms with E-state index in [0.29, 0.717) is 5.92 Å². The fraction of sp³-hybridized carbons (Fsp3) is 0.571. The molecule has 0 aliphatic carbocycles. The lowest BCUT2D eigenvalue weighted by Crippen LogP contribution is -2.38. The van der Waals surface area contributed by atoms with E-state index in [1.165, 1.54) is 0 Å². The second-order valence-electron chi connectivity index (χ2n) is 7.79. The first-order valence-corrected chi connectivity index (χ1v) is 10.3. The number of rotatable bonds is 4. The highest BCUT2D eigenvalue weighted by molar-refractivity contribution is 5.94. The molecule has 1 aromatic carbocycles. The van der Waals surface area contributed by atoms with Crippen LogP contribution in [0.5, 0.6) is 0 Å². The van der Waals surface area contributed by atoms with Gasteiger partial charge in [-0.15, -0.1) is 0 Å². The van der Waals surface area contributed by atoms with Gasteiger partial charge in [-0.05, 0) is 44.2 Å². The summed E-state index contributed by atoms with van der Waals surface area (Å²) in [6, 6.07) is 9.70. The van der Waals surface area contributed by atoms with Gasteiger partial charge in [0.05, 0.1) is 6.04 Å². The zero-order valence-electron chi connectivity index (χ0n) is 16.5. The summed E-state index contributed by atoms with van der Waals surface area (Å²) in [4.78, 5) is 22.0. The first-order chi connectivity index (χ1) is 13.7. The van der Waals surface area contributed by atoms with E-state index in [4.69, 9.17) is 4.74 Å². The van der Waals surface area contributed by atoms with Crippen molar-refractivity contribution in [3.8, 4) is 0 Å². The van der Waals surface area contributed by atoms with Gasteiger partial charge >= 0.3 is 0 Å². The van der Waals surface area contributed by atoms with Crippen LogP contribution < -0.4 is 0 Å². The average molecular weight is 383 g/mol. The van der Waals surface area contributed by atoms with Crippen molar-refractivity contribution in [2.45, 2.75) is 32.2 Å². The van der Waals surface area contributed by atoms with Crippen LogP contribution in [0.3, 0.4) is 0 Å². The van der Waals surface area contributed by atoms with Crippen LogP contribution in [-0.4, -0.2) is 70.3 Å². The summed E-state index contributed by atoms with van der Waals surface area (Å²) in [5.74, 6) is 2.42. The highest BCUT2D eigenvalue weighted by atomic mass is 16.5. The number of aromatic nitrogens is 3. The predicted molar refractivity (Wildman–Crippen MR) is 106 cm³/mol. The fourth-order valence-corrected chi connectivity index (χ4v) is 4.22. The standard InChI is InChI=1S/C21H29N5O2/c1-16-22-20(24-23-16)19-7-10-25(21(27)18-5-3-2-4-6-18)11-12-26(19)15-17-8-13-28-14-9-17/h2-6,17,19H,7-15H2,1H3,(H,22,23,24). The lowest BCUT2D eigenvalue weighted by Gasteiger charge is -2.32. The maximum absolute atomic E-state index is 12.9. The molecule has 1 aromatic heterocycles. The zero-order valence-corrected chi connectivity index (χ0v) is 16.5. The third kappa shape index (κ3) is 4.42. The van der Waals surface area contributed by atoms with Crippen molar-refractivity contribution >= 4 is 5.91 Å². The first-order valence-electron chi connectivity index (χ1n) is 10.3. The van der Waals surface area contributed by atoms with Gasteiger partial charge in [-0.3, -0.25) is 14.8 Å². The summed E-state index contributed by atoms with van der Waals surface area (Å²) in [6.07, 6.45) is 3.05. The monoisotopic (exact) mass is 383 g/mol. The number of hydrogen-bond donors (Lipinski definition) is 1. The minimum Gasteiger partial charge on any atom is -0.381 e. The summed E-state index contributed by atoms with van der Waals surface area (Å²) in [7, 11) is 0. The minimum absolute atomic E-state index is 0.110. The quantitative estimate of drug-likeness (QED) is 0.878. The van der Waals surface area contributed by atoms with Gasteiger partial charge in [0.25, 0.3) is 5.91 Å². The van der Waals surface area contributed by atoms with E-state index < -0.39 is 0 Å². The van der Waals surface area contributed by atoms with Gasteiger partial charge in [0.1, 0.15) is 5.82 Å². The van der Waals surface area contributed by atoms with Crippen molar-refractivity contribution in [2.75, 3.05) is 39.4 Å². The molecular weight excluding hydrogens is 354 g/mol. The Hall–Kier alpha value is -2.25. The summed E-state index contributed by atoms with van der Waals surface area (Å²) in [6.45, 7) is 6.93. The van der Waals surface area contributed by atoms with Crippen molar-refractivity contribution in [1.82, 2.24) is 25.0 Å². The van der Waals surface area contributed by atoms with E-state index in [9.17, 15) is 4.79 Å². The Morgan fingerprint density at radius 2 is 1.93 bits per heavy atom. The van der Waals surface area contributed by atoms with E-state index in [0.717, 1.165) is 75.9 Å². The molecule has 2 aliphatic rings. The Labute approximate surface area is 166 Å². The van der Waals surface area contributed by atoms with Gasteiger partial charge < -0.3 is 9.64 Å². The van der Waals surface area contributed by atoms with Crippen molar-refractivity contribution in [2.24, 2.45) is 5.92 Å². The summed E-state index contributed by atoms with van der Waals surface area (Å²) < 4.78 is 5.52. The molecule has 2 aliphatic heterocycles. The van der Waals surface area contributed by atoms with E-state index >= 15 is 0 Å². The number of ether oxygens (including phenoxy) is 1. The lowest BCUT2D eigenvalue weighted by molar-refractivity contribution is 0.0450. The fourth-order valence-electron chi connectivity index (χ4n) is 4.22. The number of carbonyl (C=O) groups excluding carboxylic acids is 1. The van der Waals surface area contributed by atoms with Gasteiger partial charge in [0.15, 0.2) is 5.82 Å². The Kier molecular flexibility index (Phi) is 6.02. The van der Waals surface area contributed by atoms with Crippen LogP contribution in [0.25, 0.3) is 0 Å². The van der Waals surface area contributed by atoms with Crippen molar-refractivity contribution in [3.05, 3.63) is 47.5 Å². The molecule has 1 amide bonds. The van der Waals surface area contributed by atoms with E-state index in [-0.39, 0.29) is 11.9 Å². The molecule has 0 bridgehead atoms. The molecule has 7 heteroatoms. The first kappa shape index (κ1) is 19.1. The molecule has 4 rings (SSSR count). The summed E-state index contributed by atoms with van der Waals surface area (Å²) in [5.41, 5.74) is 0.755. The van der Waals surface area contributed by atoms with Crippen LogP contribution in [0.2, 0.25) is 0 Å². The highest BCUT2D eigenvalue weighted by Gasteiger charge is 2.31. The second kappa shape index (κ2) is 8.84. The molecule has 2 fully saturated rings. The summed E-state index contributed by atoms with van der Waals surface area (Å²) in [5, 5.41) is 7.43. The van der Waals surface area contributed by atoms with E-state index in [1.807, 2.05) is 42.2 Å². The number of aryl methyl sites for hydroxylation is 1. The van der Waals surface area contributed by atoms with Gasteiger partial charge in [0.2, 0.25) is 0 Å². The number of amides is 1. The highest BCUT2D eigenvalue weighted by Crippen LogP contribution is 2.28. The Morgan fingerprint density at radius 1 is 1.14 bits per heavy atom. The normalized spacial score (nSPS) is 22.2. The van der Waals surface area contributed by atoms with E-state index in [2.05, 4.69) is 20.1 Å². The zero-order chi connectivity index (χ0) is 19.3. The molecular formula is C21H29N5O2. The largest absolute Gasteiger partial charge is 0.381 e. The van der Waals surface area contributed by atoms with Crippen LogP contribution in [0, 0.1) is 12.8 Å². The van der Waals surface area contributed by atoms with Crippen LogP contribution >= 0.6 is 0 Å². The van der Waals surface area contributed by atoms with Crippen molar-refractivity contribution in [3.63, 3.8) is 0 Å². The lowest BCUT2D eigenvalue weighted by atomic mass is 9.98. The number of hydrogen-bond acceptors (Lipinski definition) is 5. The molecule has 1 unspecified atom stereocenters. The van der Waals surface area contributed by atoms with Crippen LogP contribution in [0.4, 0.5) is 0 Å². The summed E-state index contributed by atoms with van der Waals surface area (Å²) >= 11 is 0. The molecule has 2 saturated heterocycles. The maximum atomic E-state index is 12.9. The van der Waals surface area contributed by atoms with Crippen molar-refractivity contribution in [1.29, 1.82) is 0 Å². The van der Waals surface area contributed by atoms with Crippen molar-refractivity contribution < 1.29 is 9.53 Å². The SMILES string of the molecule is Cc1nc(C2CCN(C(=O)c3ccccc3)CCN2CC2CCOCC2)n[nH]1. The van der Waals surface area contributed by atoms with Gasteiger partial charge in [-0.1, -0.05) is 18.2 Å². The molecule has 28 heavy (non-hydrogen) atoms. The third-order valence-corrected chi connectivity index (χ3v) is 5.82. The topological polar surface area (TPSA) is 74.3 Å². The number of nitrogens with one attached hydrogen (secondary N) is 1. The number of benzene rings is 1. The number of nitrogens with zero attached hydrogens (tertiary/aromatic N) is 4. The number of aromatic amines is 1. The second-order valence-corrected chi connectivity index (χ2v) is 7.79. The molecule has 1 N–H and O–H groups in total. The van der Waals surface area contributed by atoms with Gasteiger partial charge in [-0.25, -0.2) is 4.98 Å². The maximum Gasteiger partial charge on any atom is 0.253 e. The molecule has 0 spiro atoms. The number of carbonyl (C=O) groups is 1. The average Bonchev–Trinajstić information content (AvgIpc) is 3.05. The molecule has 0 radical (unpaired) electrons. The van der Waals surface area contributed by atoms with Crippen LogP contribution in [-0.2, 0) is 4.74 Å². The number of H-pyrrole nitrogens is 1. The predicted octanol–water partition coefficient (Wildman–Crippen LogP) is 2.43. The van der Waals surface area contributed by atoms with Gasteiger partial charge in [0, 0.05) is 45.0 Å². The molecule has 1 atom stereocenters. The van der Waals surface area contributed by atoms with Crippen LogP contribution in [0.15, 0.2) is 30.3 Å². The minimum atomic E-state index is 0.110. The molecule has 150 valence electrons.